The molecule has 0 aliphatic heterocycles. The summed E-state index contributed by atoms with van der Waals surface area (Å²) in [4.78, 5) is 13.7. The van der Waals surface area contributed by atoms with Crippen molar-refractivity contribution in [2.45, 2.75) is 19.9 Å². The molecule has 2 rings (SSSR count). The highest BCUT2D eigenvalue weighted by Crippen LogP contribution is 2.18. The van der Waals surface area contributed by atoms with Gasteiger partial charge in [-0.05, 0) is 11.6 Å². The fourth-order valence-corrected chi connectivity index (χ4v) is 1.62. The van der Waals surface area contributed by atoms with Crippen LogP contribution in [0, 0.1) is 0 Å². The van der Waals surface area contributed by atoms with Crippen LogP contribution in [0.2, 0.25) is 0 Å². The highest BCUT2D eigenvalue weighted by atomic mass is 16.4. The minimum absolute atomic E-state index is 0. The molecule has 0 saturated heterocycles. The summed E-state index contributed by atoms with van der Waals surface area (Å²) < 4.78 is 0. The molecule has 4 heteroatoms. The fourth-order valence-electron chi connectivity index (χ4n) is 1.62. The summed E-state index contributed by atoms with van der Waals surface area (Å²) in [7, 11) is 0. The van der Waals surface area contributed by atoms with Gasteiger partial charge in [-0.2, -0.15) is 0 Å². The molecular formula is C12H16N2O2. The number of benzene rings is 1. The van der Waals surface area contributed by atoms with E-state index in [1.54, 1.807) is 0 Å². The van der Waals surface area contributed by atoms with Gasteiger partial charge in [-0.1, -0.05) is 25.6 Å². The molecule has 0 aliphatic carbocycles. The van der Waals surface area contributed by atoms with Gasteiger partial charge in [0.1, 0.15) is 6.04 Å². The van der Waals surface area contributed by atoms with Crippen molar-refractivity contribution in [3.05, 3.63) is 36.0 Å². The summed E-state index contributed by atoms with van der Waals surface area (Å²) >= 11 is 0. The first kappa shape index (κ1) is 12.3. The molecule has 1 aromatic heterocycles. The molecule has 0 bridgehead atoms. The molecule has 0 aliphatic rings. The first-order valence-corrected chi connectivity index (χ1v) is 4.72. The number of aromatic amines is 1. The zero-order valence-corrected chi connectivity index (χ0v) is 8.10. The van der Waals surface area contributed by atoms with Crippen molar-refractivity contribution in [1.29, 1.82) is 0 Å². The highest BCUT2D eigenvalue weighted by Gasteiger charge is 2.14. The van der Waals surface area contributed by atoms with Crippen LogP contribution in [-0.4, -0.2) is 22.1 Å². The van der Waals surface area contributed by atoms with Gasteiger partial charge in [0, 0.05) is 23.5 Å². The average molecular weight is 220 g/mol. The normalized spacial score (nSPS) is 12.1. The molecule has 2 aromatic rings. The molecular weight excluding hydrogens is 204 g/mol. The van der Waals surface area contributed by atoms with E-state index in [1.165, 1.54) is 0 Å². The second kappa shape index (κ2) is 4.81. The van der Waals surface area contributed by atoms with Gasteiger partial charge in [-0.3, -0.25) is 4.79 Å². The molecule has 0 fully saturated rings. The van der Waals surface area contributed by atoms with E-state index in [1.807, 2.05) is 30.5 Å². The number of hydrogen-bond donors (Lipinski definition) is 3. The first-order valence-electron chi connectivity index (χ1n) is 4.72. The van der Waals surface area contributed by atoms with Crippen molar-refractivity contribution < 1.29 is 9.90 Å². The van der Waals surface area contributed by atoms with E-state index in [0.717, 1.165) is 16.5 Å². The molecule has 4 N–H and O–H groups in total. The summed E-state index contributed by atoms with van der Waals surface area (Å²) in [6.45, 7) is 0. The topological polar surface area (TPSA) is 79.1 Å². The number of nitrogens with two attached hydrogens (primary N) is 1. The Kier molecular flexibility index (Phi) is 3.68. The van der Waals surface area contributed by atoms with Gasteiger partial charge in [-0.25, -0.2) is 0 Å². The number of aliphatic carboxylic acids is 1. The number of rotatable bonds is 3. The van der Waals surface area contributed by atoms with E-state index < -0.39 is 12.0 Å². The average Bonchev–Trinajstić information content (AvgIpc) is 2.62. The summed E-state index contributed by atoms with van der Waals surface area (Å²) in [5.74, 6) is -0.972. The van der Waals surface area contributed by atoms with Crippen LogP contribution in [0.15, 0.2) is 30.5 Å². The summed E-state index contributed by atoms with van der Waals surface area (Å²) in [5, 5.41) is 9.75. The Hall–Kier alpha value is -1.81. The van der Waals surface area contributed by atoms with E-state index in [2.05, 4.69) is 4.98 Å². The van der Waals surface area contributed by atoms with Crippen molar-refractivity contribution in [2.24, 2.45) is 5.73 Å². The number of carboxylic acid groups (broad SMARTS) is 1. The molecule has 0 saturated carbocycles. The van der Waals surface area contributed by atoms with Gasteiger partial charge < -0.3 is 15.8 Å². The van der Waals surface area contributed by atoms with Crippen LogP contribution in [0.4, 0.5) is 0 Å². The van der Waals surface area contributed by atoms with E-state index in [9.17, 15) is 4.79 Å². The summed E-state index contributed by atoms with van der Waals surface area (Å²) in [6.07, 6.45) is 2.16. The highest BCUT2D eigenvalue weighted by molar-refractivity contribution is 5.84. The molecule has 16 heavy (non-hydrogen) atoms. The number of fused-ring (bicyclic) bond motifs is 1. The second-order valence-electron chi connectivity index (χ2n) is 3.51. The minimum Gasteiger partial charge on any atom is -0.480 e. The lowest BCUT2D eigenvalue weighted by molar-refractivity contribution is -0.138. The number of hydrogen-bond acceptors (Lipinski definition) is 2. The number of aromatic nitrogens is 1. The quantitative estimate of drug-likeness (QED) is 0.737. The van der Waals surface area contributed by atoms with Crippen LogP contribution >= 0.6 is 0 Å². The Morgan fingerprint density at radius 1 is 1.44 bits per heavy atom. The maximum atomic E-state index is 10.6. The van der Waals surface area contributed by atoms with Crippen molar-refractivity contribution in [3.8, 4) is 0 Å². The fraction of sp³-hybridized carbons (Fsp3) is 0.250. The van der Waals surface area contributed by atoms with Crippen molar-refractivity contribution in [3.63, 3.8) is 0 Å². The number of carboxylic acids is 1. The van der Waals surface area contributed by atoms with E-state index >= 15 is 0 Å². The molecule has 1 aromatic carbocycles. The monoisotopic (exact) mass is 220 g/mol. The molecule has 86 valence electrons. The van der Waals surface area contributed by atoms with Crippen molar-refractivity contribution in [1.82, 2.24) is 4.98 Å². The molecule has 0 spiro atoms. The maximum absolute atomic E-state index is 10.6. The third kappa shape index (κ3) is 2.23. The van der Waals surface area contributed by atoms with Crippen LogP contribution in [0.25, 0.3) is 10.9 Å². The standard InChI is InChI=1S/C11H12N2O2.CH4/c12-9(11(14)15)5-7-6-13-10-4-2-1-3-8(7)10;/h1-4,6,9,13H,5,12H2,(H,14,15);1H4. The Balaban J connectivity index is 0.00000128. The maximum Gasteiger partial charge on any atom is 0.320 e. The van der Waals surface area contributed by atoms with Crippen LogP contribution in [-0.2, 0) is 11.2 Å². The smallest absolute Gasteiger partial charge is 0.320 e. The Morgan fingerprint density at radius 3 is 2.81 bits per heavy atom. The van der Waals surface area contributed by atoms with Gasteiger partial charge in [-0.15, -0.1) is 0 Å². The predicted molar refractivity (Wildman–Crippen MR) is 64.3 cm³/mol. The lowest BCUT2D eigenvalue weighted by atomic mass is 10.1. The van der Waals surface area contributed by atoms with Gasteiger partial charge in [0.05, 0.1) is 0 Å². The second-order valence-corrected chi connectivity index (χ2v) is 3.51. The minimum atomic E-state index is -0.972. The SMILES string of the molecule is C.NC(Cc1c[nH]c2ccccc12)C(=O)O. The van der Waals surface area contributed by atoms with E-state index in [-0.39, 0.29) is 7.43 Å². The van der Waals surface area contributed by atoms with E-state index in [0.29, 0.717) is 6.42 Å². The van der Waals surface area contributed by atoms with Crippen LogP contribution < -0.4 is 5.73 Å². The number of para-hydroxylation sites is 1. The zero-order valence-electron chi connectivity index (χ0n) is 8.10. The predicted octanol–water partition coefficient (Wildman–Crippen LogP) is 1.76. The van der Waals surface area contributed by atoms with Crippen LogP contribution in [0.5, 0.6) is 0 Å². The van der Waals surface area contributed by atoms with Crippen molar-refractivity contribution in [2.75, 3.05) is 0 Å². The Labute approximate surface area is 94.1 Å². The number of H-pyrrole nitrogens is 1. The molecule has 0 radical (unpaired) electrons. The third-order valence-corrected chi connectivity index (χ3v) is 2.43. The van der Waals surface area contributed by atoms with Crippen molar-refractivity contribution >= 4 is 16.9 Å². The van der Waals surface area contributed by atoms with E-state index in [4.69, 9.17) is 10.8 Å². The van der Waals surface area contributed by atoms with Crippen LogP contribution in [0.1, 0.15) is 13.0 Å². The van der Waals surface area contributed by atoms with Gasteiger partial charge in [0.25, 0.3) is 0 Å². The third-order valence-electron chi connectivity index (χ3n) is 2.43. The van der Waals surface area contributed by atoms with Gasteiger partial charge in [0.2, 0.25) is 0 Å². The first-order chi connectivity index (χ1) is 7.18. The lowest BCUT2D eigenvalue weighted by Gasteiger charge is -2.04. The van der Waals surface area contributed by atoms with Crippen LogP contribution in [0.3, 0.4) is 0 Å². The summed E-state index contributed by atoms with van der Waals surface area (Å²) in [5.41, 5.74) is 7.43. The largest absolute Gasteiger partial charge is 0.480 e. The Bertz CT molecular complexity index is 490. The van der Waals surface area contributed by atoms with Gasteiger partial charge in [0.15, 0.2) is 0 Å². The molecule has 1 atom stereocenters. The summed E-state index contributed by atoms with van der Waals surface area (Å²) in [6, 6.07) is 6.91. The molecule has 1 unspecified atom stereocenters. The number of carbonyl (C=O) groups is 1. The molecule has 4 nitrogen and oxygen atoms in total. The molecule has 0 amide bonds. The Morgan fingerprint density at radius 2 is 2.12 bits per heavy atom. The zero-order chi connectivity index (χ0) is 10.8. The lowest BCUT2D eigenvalue weighted by Crippen LogP contribution is -2.32. The molecule has 1 heterocycles. The number of nitrogens with one attached hydrogen (secondary N) is 1. The van der Waals surface area contributed by atoms with Gasteiger partial charge >= 0.3 is 5.97 Å².